The van der Waals surface area contributed by atoms with Gasteiger partial charge in [-0.1, -0.05) is 108 Å². The number of aromatic nitrogens is 6. The van der Waals surface area contributed by atoms with Gasteiger partial charge in [0.1, 0.15) is 22.8 Å². The largest absolute Gasteiger partial charge is 0.511 e. The molecule has 0 aliphatic carbocycles. The zero-order valence-corrected chi connectivity index (χ0v) is 36.7. The summed E-state index contributed by atoms with van der Waals surface area (Å²) in [6, 6.07) is 9.02. The molecule has 0 amide bonds. The molecule has 1 aromatic carbocycles. The minimum Gasteiger partial charge on any atom is -0.452 e. The number of anilines is 2. The molecule has 13 nitrogen and oxygen atoms in total. The van der Waals surface area contributed by atoms with Crippen LogP contribution in [0, 0.1) is 11.6 Å². The van der Waals surface area contributed by atoms with Crippen LogP contribution >= 0.6 is 11.6 Å². The second kappa shape index (κ2) is 22.8. The van der Waals surface area contributed by atoms with E-state index in [1.165, 1.54) is 83.9 Å². The molecule has 1 saturated heterocycles. The number of benzene rings is 1. The lowest BCUT2D eigenvalue weighted by Gasteiger charge is -2.41. The van der Waals surface area contributed by atoms with Gasteiger partial charge in [0.2, 0.25) is 6.29 Å². The number of hydrogen-bond donors (Lipinski definition) is 2. The molecule has 2 atom stereocenters. The maximum atomic E-state index is 15.9. The predicted octanol–water partition coefficient (Wildman–Crippen LogP) is 10.7. The summed E-state index contributed by atoms with van der Waals surface area (Å²) in [5, 5.41) is 0.352. The fourth-order valence-corrected chi connectivity index (χ4v) is 8.23. The Hall–Kier alpha value is -5.15. The van der Waals surface area contributed by atoms with Crippen LogP contribution in [0.3, 0.4) is 0 Å². The summed E-state index contributed by atoms with van der Waals surface area (Å²) in [5.74, 6) is -1.86. The third-order valence-corrected chi connectivity index (χ3v) is 11.6. The van der Waals surface area contributed by atoms with Gasteiger partial charge < -0.3 is 35.1 Å². The monoisotopic (exact) mass is 875 g/mol. The van der Waals surface area contributed by atoms with Crippen molar-refractivity contribution in [2.75, 3.05) is 30.3 Å². The molecule has 334 valence electrons. The lowest BCUT2D eigenvalue weighted by molar-refractivity contribution is -0.0549. The van der Waals surface area contributed by atoms with E-state index < -0.39 is 35.4 Å². The Morgan fingerprint density at radius 2 is 1.63 bits per heavy atom. The number of piperidine rings is 1. The van der Waals surface area contributed by atoms with E-state index in [0.717, 1.165) is 37.1 Å². The van der Waals surface area contributed by atoms with Crippen molar-refractivity contribution in [3.63, 3.8) is 0 Å². The normalized spacial score (nSPS) is 15.8. The van der Waals surface area contributed by atoms with Crippen LogP contribution in [0.2, 0.25) is 5.15 Å². The number of nitrogen functional groups attached to an aromatic ring is 1. The fourth-order valence-electron chi connectivity index (χ4n) is 8.07. The zero-order chi connectivity index (χ0) is 43.9. The summed E-state index contributed by atoms with van der Waals surface area (Å²) in [4.78, 5) is 36.4. The van der Waals surface area contributed by atoms with E-state index in [1.54, 1.807) is 29.2 Å². The Bertz CT molecular complexity index is 2230. The minimum absolute atomic E-state index is 0.0965. The fraction of sp³-hybridized carbons (Fsp3) is 0.522. The second-order valence-electron chi connectivity index (χ2n) is 16.3. The number of pyridine rings is 2. The van der Waals surface area contributed by atoms with Gasteiger partial charge in [0.25, 0.3) is 0 Å². The molecule has 62 heavy (non-hydrogen) atoms. The highest BCUT2D eigenvalue weighted by Crippen LogP contribution is 2.36. The first-order valence-electron chi connectivity index (χ1n) is 22.1. The molecule has 1 aliphatic rings. The van der Waals surface area contributed by atoms with Crippen molar-refractivity contribution >= 4 is 40.4 Å². The molecule has 4 N–H and O–H groups in total. The number of imidazole rings is 1. The van der Waals surface area contributed by atoms with E-state index in [2.05, 4.69) is 36.7 Å². The lowest BCUT2D eigenvalue weighted by Crippen LogP contribution is -2.52. The smallest absolute Gasteiger partial charge is 0.452 e. The van der Waals surface area contributed by atoms with Gasteiger partial charge in [-0.05, 0) is 49.1 Å². The average molecular weight is 876 g/mol. The van der Waals surface area contributed by atoms with E-state index in [-0.39, 0.29) is 30.2 Å². The van der Waals surface area contributed by atoms with E-state index in [4.69, 9.17) is 37.3 Å². The Kier molecular flexibility index (Phi) is 17.0. The highest BCUT2D eigenvalue weighted by molar-refractivity contribution is 6.29. The molecule has 6 rings (SSSR count). The molecule has 0 saturated carbocycles. The predicted molar refractivity (Wildman–Crippen MR) is 238 cm³/mol. The summed E-state index contributed by atoms with van der Waals surface area (Å²) >= 11 is 6.25. The van der Waals surface area contributed by atoms with E-state index >= 15 is 8.78 Å². The van der Waals surface area contributed by atoms with Crippen molar-refractivity contribution in [1.29, 1.82) is 0 Å². The molecule has 1 fully saturated rings. The molecule has 5 aromatic rings. The van der Waals surface area contributed by atoms with Crippen molar-refractivity contribution in [3.05, 3.63) is 83.3 Å². The summed E-state index contributed by atoms with van der Waals surface area (Å²) < 4.78 is 49.2. The van der Waals surface area contributed by atoms with Crippen molar-refractivity contribution in [2.24, 2.45) is 5.73 Å². The Morgan fingerprint density at radius 3 is 2.34 bits per heavy atom. The van der Waals surface area contributed by atoms with Crippen LogP contribution < -0.4 is 21.1 Å². The molecule has 0 bridgehead atoms. The van der Waals surface area contributed by atoms with Gasteiger partial charge in [0, 0.05) is 31.6 Å². The van der Waals surface area contributed by atoms with Crippen LogP contribution in [0.15, 0.2) is 55.2 Å². The first kappa shape index (κ1) is 46.4. The average Bonchev–Trinajstić information content (AvgIpc) is 3.67. The third kappa shape index (κ3) is 12.7. The van der Waals surface area contributed by atoms with Gasteiger partial charge in [0.05, 0.1) is 48.3 Å². The van der Waals surface area contributed by atoms with Gasteiger partial charge in [-0.2, -0.15) is 0 Å². The van der Waals surface area contributed by atoms with Crippen molar-refractivity contribution < 1.29 is 27.8 Å². The number of carbonyl (C=O) groups is 1. The Labute approximate surface area is 367 Å². The maximum absolute atomic E-state index is 15.9. The molecular formula is C46H60ClF2N9O4. The van der Waals surface area contributed by atoms with Gasteiger partial charge in [0.15, 0.2) is 23.0 Å². The van der Waals surface area contributed by atoms with Crippen molar-refractivity contribution in [3.8, 4) is 17.0 Å². The number of nitrogens with two attached hydrogens (primary N) is 2. The molecule has 1 aliphatic heterocycles. The highest BCUT2D eigenvalue weighted by atomic mass is 35.5. The van der Waals surface area contributed by atoms with Crippen LogP contribution in [0.25, 0.3) is 22.4 Å². The molecule has 5 heterocycles. The van der Waals surface area contributed by atoms with Crippen LogP contribution in [-0.4, -0.2) is 61.6 Å². The molecule has 0 spiro atoms. The molecule has 16 heteroatoms. The molecular weight excluding hydrogens is 816 g/mol. The van der Waals surface area contributed by atoms with Crippen LogP contribution in [0.4, 0.5) is 25.1 Å². The quantitative estimate of drug-likeness (QED) is 0.0276. The SMILES string of the molecule is CCCCCCCCCCCCCCCCOC(=O)OC(C)Oc1cc(F)c(-c2cc(Cn3cnc4c(N)ncnc43)c(N3CCC[C@](N)(c4cccc(Cl)n4)C3)cn2)cc1F. The van der Waals surface area contributed by atoms with Crippen LogP contribution in [0.1, 0.15) is 128 Å². The number of halogens is 3. The van der Waals surface area contributed by atoms with E-state index in [1.807, 2.05) is 12.1 Å². The first-order chi connectivity index (χ1) is 30.0. The summed E-state index contributed by atoms with van der Waals surface area (Å²) in [6.07, 6.45) is 21.0. The first-order valence-corrected chi connectivity index (χ1v) is 22.5. The van der Waals surface area contributed by atoms with Gasteiger partial charge in [-0.25, -0.2) is 33.5 Å². The van der Waals surface area contributed by atoms with E-state index in [9.17, 15) is 4.79 Å². The van der Waals surface area contributed by atoms with Crippen LogP contribution in [0.5, 0.6) is 5.75 Å². The number of hydrogen-bond acceptors (Lipinski definition) is 12. The summed E-state index contributed by atoms with van der Waals surface area (Å²) in [5.41, 5.74) is 15.4. The number of nitrogens with zero attached hydrogens (tertiary/aromatic N) is 7. The summed E-state index contributed by atoms with van der Waals surface area (Å²) in [7, 11) is 0. The van der Waals surface area contributed by atoms with Gasteiger partial charge >= 0.3 is 6.16 Å². The van der Waals surface area contributed by atoms with Crippen LogP contribution in [-0.2, 0) is 21.6 Å². The minimum atomic E-state index is -1.24. The topological polar surface area (TPSA) is 169 Å². The Morgan fingerprint density at radius 1 is 0.919 bits per heavy atom. The third-order valence-electron chi connectivity index (χ3n) is 11.4. The molecule has 4 aromatic heterocycles. The van der Waals surface area contributed by atoms with E-state index in [0.29, 0.717) is 53.5 Å². The van der Waals surface area contributed by atoms with Gasteiger partial charge in [-0.15, -0.1) is 0 Å². The Balaban J connectivity index is 1.05. The van der Waals surface area contributed by atoms with Gasteiger partial charge in [-0.3, -0.25) is 4.98 Å². The zero-order valence-electron chi connectivity index (χ0n) is 36.0. The standard InChI is InChI=1S/C46H60ClF2N9O4/c1-3-4-5-6-7-8-9-10-11-12-13-14-15-16-23-60-45(59)62-32(2)61-39-26-35(48)34(25-36(39)49)37-24-33(28-58-31-55-42-43(50)53-30-54-44(42)58)38(27-52-37)57-22-18-21-46(51,29-57)40-19-17-20-41(47)56-40/h17,19-20,24-27,30-32H,3-16,18,21-23,28-29,51H2,1-2H3,(H2,50,53,54)/t32?,46-/m1/s1. The summed E-state index contributed by atoms with van der Waals surface area (Å²) in [6.45, 7) is 5.15. The molecule has 0 radical (unpaired) electrons. The molecule has 1 unspecified atom stereocenters. The second-order valence-corrected chi connectivity index (χ2v) is 16.7. The maximum Gasteiger partial charge on any atom is 0.511 e. The lowest BCUT2D eigenvalue weighted by atomic mass is 9.86. The number of unbranched alkanes of at least 4 members (excludes halogenated alkanes) is 13. The number of carbonyl (C=O) groups excluding carboxylic acids is 1. The number of rotatable bonds is 23. The van der Waals surface area contributed by atoms with Crippen molar-refractivity contribution in [2.45, 2.75) is 135 Å². The number of ether oxygens (including phenoxy) is 3. The number of fused-ring (bicyclic) bond motifs is 1. The highest BCUT2D eigenvalue weighted by Gasteiger charge is 2.36. The van der Waals surface area contributed by atoms with Crippen molar-refractivity contribution in [1.82, 2.24) is 29.5 Å².